The van der Waals surface area contributed by atoms with Crippen LogP contribution in [0, 0.1) is 0 Å². The second-order valence-corrected chi connectivity index (χ2v) is 7.76. The topological polar surface area (TPSA) is 92.8 Å². The van der Waals surface area contributed by atoms with E-state index in [4.69, 9.17) is 0 Å². The van der Waals surface area contributed by atoms with Crippen LogP contribution in [0.1, 0.15) is 39.5 Å². The van der Waals surface area contributed by atoms with Crippen molar-refractivity contribution in [3.8, 4) is 0 Å². The van der Waals surface area contributed by atoms with E-state index in [1.165, 1.54) is 24.3 Å². The molecule has 1 N–H and O–H groups in total. The van der Waals surface area contributed by atoms with Crippen LogP contribution < -0.4 is 5.32 Å². The largest absolute Gasteiger partial charge is 0.459 e. The first-order valence-electron chi connectivity index (χ1n) is 8.50. The fourth-order valence-electron chi connectivity index (χ4n) is 2.92. The first-order valence-corrected chi connectivity index (χ1v) is 9.94. The summed E-state index contributed by atoms with van der Waals surface area (Å²) in [5.74, 6) is -1.86. The van der Waals surface area contributed by atoms with Crippen molar-refractivity contribution >= 4 is 27.6 Å². The summed E-state index contributed by atoms with van der Waals surface area (Å²) in [6.07, 6.45) is 3.57. The van der Waals surface area contributed by atoms with Crippen molar-refractivity contribution in [3.63, 3.8) is 0 Å². The van der Waals surface area contributed by atoms with Gasteiger partial charge in [0, 0.05) is 18.3 Å². The van der Waals surface area contributed by atoms with Gasteiger partial charge in [-0.15, -0.1) is 0 Å². The highest BCUT2D eigenvalue weighted by Gasteiger charge is 2.32. The number of anilines is 1. The number of rotatable bonds is 5. The Hall–Kier alpha value is -1.93. The van der Waals surface area contributed by atoms with E-state index in [0.717, 1.165) is 25.7 Å². The Bertz CT molecular complexity index is 715. The molecule has 1 saturated heterocycles. The molecular formula is C17H24N2O5S. The fraction of sp³-hybridized carbons (Fsp3) is 0.529. The quantitative estimate of drug-likeness (QED) is 0.635. The van der Waals surface area contributed by atoms with E-state index < -0.39 is 21.9 Å². The molecule has 0 aliphatic carbocycles. The number of sulfonamides is 1. The van der Waals surface area contributed by atoms with Crippen LogP contribution >= 0.6 is 0 Å². The van der Waals surface area contributed by atoms with Gasteiger partial charge in [0.25, 0.3) is 0 Å². The molecule has 8 heteroatoms. The molecule has 1 aromatic rings. The summed E-state index contributed by atoms with van der Waals surface area (Å²) >= 11 is 0. The van der Waals surface area contributed by atoms with Gasteiger partial charge in [0.05, 0.1) is 11.5 Å². The normalized spacial score (nSPS) is 18.6. The molecule has 0 bridgehead atoms. The number of carbonyl (C=O) groups is 2. The molecule has 1 heterocycles. The van der Waals surface area contributed by atoms with E-state index in [1.807, 2.05) is 6.92 Å². The Labute approximate surface area is 148 Å². The number of amides is 1. The Morgan fingerprint density at radius 1 is 1.20 bits per heavy atom. The standard InChI is InChI=1S/C17H24N2O5S/c1-3-14-7-5-6-12-19(14)25(22,23)15-10-8-13(9-11-15)18-16(20)17(21)24-4-2/h8-11,14H,3-7,12H2,1-2H3,(H,18,20)/t14-/m1/s1. The van der Waals surface area contributed by atoms with Gasteiger partial charge in [-0.25, -0.2) is 13.2 Å². The third-order valence-electron chi connectivity index (χ3n) is 4.22. The lowest BCUT2D eigenvalue weighted by Gasteiger charge is -2.34. The highest BCUT2D eigenvalue weighted by molar-refractivity contribution is 7.89. The molecule has 1 aliphatic rings. The van der Waals surface area contributed by atoms with E-state index in [1.54, 1.807) is 11.2 Å². The van der Waals surface area contributed by atoms with E-state index in [0.29, 0.717) is 12.2 Å². The fourth-order valence-corrected chi connectivity index (χ4v) is 4.69. The van der Waals surface area contributed by atoms with Crippen LogP contribution in [0.3, 0.4) is 0 Å². The average Bonchev–Trinajstić information content (AvgIpc) is 2.62. The van der Waals surface area contributed by atoms with Gasteiger partial charge in [-0.1, -0.05) is 13.3 Å². The van der Waals surface area contributed by atoms with Gasteiger partial charge in [0.2, 0.25) is 10.0 Å². The lowest BCUT2D eigenvalue weighted by Crippen LogP contribution is -2.43. The number of carbonyl (C=O) groups excluding carboxylic acids is 2. The highest BCUT2D eigenvalue weighted by atomic mass is 32.2. The molecule has 0 spiro atoms. The van der Waals surface area contributed by atoms with Crippen molar-refractivity contribution in [2.75, 3.05) is 18.5 Å². The van der Waals surface area contributed by atoms with E-state index >= 15 is 0 Å². The van der Waals surface area contributed by atoms with Crippen LogP contribution in [0.25, 0.3) is 0 Å². The number of ether oxygens (including phenoxy) is 1. The van der Waals surface area contributed by atoms with Crippen LogP contribution in [0.4, 0.5) is 5.69 Å². The monoisotopic (exact) mass is 368 g/mol. The number of hydrogen-bond acceptors (Lipinski definition) is 5. The van der Waals surface area contributed by atoms with Crippen LogP contribution in [-0.2, 0) is 24.3 Å². The SMILES string of the molecule is CCOC(=O)C(=O)Nc1ccc(S(=O)(=O)N2CCCC[C@H]2CC)cc1. The Morgan fingerprint density at radius 2 is 1.88 bits per heavy atom. The molecule has 1 atom stereocenters. The third-order valence-corrected chi connectivity index (χ3v) is 6.19. The van der Waals surface area contributed by atoms with E-state index in [9.17, 15) is 18.0 Å². The van der Waals surface area contributed by atoms with Crippen molar-refractivity contribution in [2.45, 2.75) is 50.5 Å². The lowest BCUT2D eigenvalue weighted by atomic mass is 10.0. The summed E-state index contributed by atoms with van der Waals surface area (Å²) in [5, 5.41) is 2.38. The van der Waals surface area contributed by atoms with E-state index in [2.05, 4.69) is 10.1 Å². The summed E-state index contributed by atoms with van der Waals surface area (Å²) < 4.78 is 31.9. The smallest absolute Gasteiger partial charge is 0.397 e. The van der Waals surface area contributed by atoms with Crippen LogP contribution in [0.15, 0.2) is 29.2 Å². The minimum Gasteiger partial charge on any atom is -0.459 e. The number of esters is 1. The summed E-state index contributed by atoms with van der Waals surface area (Å²) in [5.41, 5.74) is 0.336. The van der Waals surface area contributed by atoms with E-state index in [-0.39, 0.29) is 17.5 Å². The average molecular weight is 368 g/mol. The maximum atomic E-state index is 12.8. The van der Waals surface area contributed by atoms with Crippen molar-refractivity contribution in [1.29, 1.82) is 0 Å². The Balaban J connectivity index is 2.13. The van der Waals surface area contributed by atoms with Crippen LogP contribution in [0.2, 0.25) is 0 Å². The van der Waals surface area contributed by atoms with Crippen molar-refractivity contribution < 1.29 is 22.7 Å². The molecule has 25 heavy (non-hydrogen) atoms. The van der Waals surface area contributed by atoms with Gasteiger partial charge >= 0.3 is 11.9 Å². The lowest BCUT2D eigenvalue weighted by molar-refractivity contribution is -0.152. The number of nitrogens with one attached hydrogen (secondary N) is 1. The number of hydrogen-bond donors (Lipinski definition) is 1. The summed E-state index contributed by atoms with van der Waals surface area (Å²) in [4.78, 5) is 23.1. The highest BCUT2D eigenvalue weighted by Crippen LogP contribution is 2.27. The maximum Gasteiger partial charge on any atom is 0.397 e. The summed E-state index contributed by atoms with van der Waals surface area (Å²) in [7, 11) is -3.56. The van der Waals surface area contributed by atoms with Gasteiger partial charge in [-0.3, -0.25) is 4.79 Å². The molecule has 0 unspecified atom stereocenters. The van der Waals surface area contributed by atoms with Crippen molar-refractivity contribution in [3.05, 3.63) is 24.3 Å². The van der Waals surface area contributed by atoms with Gasteiger partial charge in [0.15, 0.2) is 0 Å². The minimum atomic E-state index is -3.56. The molecule has 0 saturated carbocycles. The molecular weight excluding hydrogens is 344 g/mol. The molecule has 1 amide bonds. The van der Waals surface area contributed by atoms with Gasteiger partial charge < -0.3 is 10.1 Å². The molecule has 138 valence electrons. The molecule has 2 rings (SSSR count). The van der Waals surface area contributed by atoms with Crippen molar-refractivity contribution in [1.82, 2.24) is 4.31 Å². The predicted molar refractivity (Wildman–Crippen MR) is 93.5 cm³/mol. The second kappa shape index (κ2) is 8.44. The maximum absolute atomic E-state index is 12.8. The van der Waals surface area contributed by atoms with Crippen LogP contribution in [0.5, 0.6) is 0 Å². The predicted octanol–water partition coefficient (Wildman–Crippen LogP) is 2.14. The second-order valence-electron chi connectivity index (χ2n) is 5.87. The third kappa shape index (κ3) is 4.58. The molecule has 0 aromatic heterocycles. The molecule has 0 radical (unpaired) electrons. The Kier molecular flexibility index (Phi) is 6.55. The van der Waals surface area contributed by atoms with Gasteiger partial charge in [0.1, 0.15) is 0 Å². The van der Waals surface area contributed by atoms with Crippen LogP contribution in [-0.4, -0.2) is 43.8 Å². The molecule has 1 aromatic carbocycles. The zero-order valence-corrected chi connectivity index (χ0v) is 15.3. The first kappa shape index (κ1) is 19.4. The Morgan fingerprint density at radius 3 is 2.48 bits per heavy atom. The summed E-state index contributed by atoms with van der Waals surface area (Å²) in [6.45, 7) is 4.24. The number of benzene rings is 1. The number of nitrogens with zero attached hydrogens (tertiary/aromatic N) is 1. The van der Waals surface area contributed by atoms with Gasteiger partial charge in [-0.05, 0) is 50.5 Å². The minimum absolute atomic E-state index is 0.0296. The first-order chi connectivity index (χ1) is 11.9. The molecule has 1 aliphatic heterocycles. The number of piperidine rings is 1. The van der Waals surface area contributed by atoms with Crippen molar-refractivity contribution in [2.24, 2.45) is 0 Å². The molecule has 1 fully saturated rings. The van der Waals surface area contributed by atoms with Gasteiger partial charge in [-0.2, -0.15) is 4.31 Å². The zero-order valence-electron chi connectivity index (χ0n) is 14.5. The molecule has 7 nitrogen and oxygen atoms in total. The zero-order chi connectivity index (χ0) is 18.4. The summed E-state index contributed by atoms with van der Waals surface area (Å²) in [6, 6.07) is 5.85.